The number of carbonyl (C=O) groups is 1. The fourth-order valence-corrected chi connectivity index (χ4v) is 2.71. The van der Waals surface area contributed by atoms with E-state index in [0.29, 0.717) is 12.3 Å². The Morgan fingerprint density at radius 1 is 1.37 bits per heavy atom. The molecule has 4 heteroatoms. The van der Waals surface area contributed by atoms with Crippen LogP contribution in [0, 0.1) is 13.8 Å². The average Bonchev–Trinajstić information content (AvgIpc) is 2.36. The maximum atomic E-state index is 11.5. The molecule has 0 aromatic heterocycles. The lowest BCUT2D eigenvalue weighted by molar-refractivity contribution is -0.124. The fraction of sp³-hybridized carbons (Fsp3) is 0.533. The molecule has 104 valence electrons. The second-order valence-electron chi connectivity index (χ2n) is 5.45. The SMILES string of the molecule is Cc1cc(O)c(CN2CCCC[C@@H]2C(N)=O)cc1C. The van der Waals surface area contributed by atoms with Crippen molar-refractivity contribution in [3.05, 3.63) is 28.8 Å². The van der Waals surface area contributed by atoms with Gasteiger partial charge in [0.2, 0.25) is 5.91 Å². The number of amides is 1. The summed E-state index contributed by atoms with van der Waals surface area (Å²) in [7, 11) is 0. The minimum absolute atomic E-state index is 0.199. The smallest absolute Gasteiger partial charge is 0.234 e. The Hall–Kier alpha value is -1.55. The van der Waals surface area contributed by atoms with Crippen molar-refractivity contribution in [1.82, 2.24) is 4.90 Å². The first-order valence-electron chi connectivity index (χ1n) is 6.81. The average molecular weight is 262 g/mol. The molecular formula is C15H22N2O2. The van der Waals surface area contributed by atoms with Crippen molar-refractivity contribution in [1.29, 1.82) is 0 Å². The standard InChI is InChI=1S/C15H22N2O2/c1-10-7-12(14(18)8-11(10)2)9-17-6-4-3-5-13(17)15(16)19/h7-8,13,18H,3-6,9H2,1-2H3,(H2,16,19)/t13-/m1/s1. The monoisotopic (exact) mass is 262 g/mol. The zero-order chi connectivity index (χ0) is 14.0. The third-order valence-corrected chi connectivity index (χ3v) is 4.01. The number of hydrogen-bond acceptors (Lipinski definition) is 3. The second kappa shape index (κ2) is 5.61. The van der Waals surface area contributed by atoms with E-state index in [2.05, 4.69) is 4.90 Å². The Balaban J connectivity index is 2.19. The zero-order valence-corrected chi connectivity index (χ0v) is 11.6. The molecule has 1 amide bonds. The van der Waals surface area contributed by atoms with Crippen molar-refractivity contribution in [3.63, 3.8) is 0 Å². The number of piperidine rings is 1. The molecule has 0 radical (unpaired) electrons. The lowest BCUT2D eigenvalue weighted by atomic mass is 9.99. The third-order valence-electron chi connectivity index (χ3n) is 4.01. The number of carbonyl (C=O) groups excluding carboxylic acids is 1. The number of phenolic OH excluding ortho intramolecular Hbond substituents is 1. The molecule has 3 N–H and O–H groups in total. The summed E-state index contributed by atoms with van der Waals surface area (Å²) in [4.78, 5) is 13.6. The van der Waals surface area contributed by atoms with Crippen LogP contribution in [0.1, 0.15) is 36.0 Å². The molecule has 1 heterocycles. The molecule has 0 unspecified atom stereocenters. The highest BCUT2D eigenvalue weighted by Gasteiger charge is 2.27. The lowest BCUT2D eigenvalue weighted by Gasteiger charge is -2.33. The van der Waals surface area contributed by atoms with E-state index in [1.807, 2.05) is 19.9 Å². The summed E-state index contributed by atoms with van der Waals surface area (Å²) in [5.41, 5.74) is 8.56. The molecular weight excluding hydrogens is 240 g/mol. The Kier molecular flexibility index (Phi) is 4.10. The van der Waals surface area contributed by atoms with E-state index >= 15 is 0 Å². The maximum absolute atomic E-state index is 11.5. The summed E-state index contributed by atoms with van der Waals surface area (Å²) in [6.45, 7) is 5.45. The minimum atomic E-state index is -0.261. The highest BCUT2D eigenvalue weighted by molar-refractivity contribution is 5.79. The molecule has 1 aromatic carbocycles. The van der Waals surface area contributed by atoms with Gasteiger partial charge in [-0.15, -0.1) is 0 Å². The van der Waals surface area contributed by atoms with Gasteiger partial charge in [0.05, 0.1) is 6.04 Å². The molecule has 0 saturated carbocycles. The molecule has 1 aliphatic heterocycles. The normalized spacial score (nSPS) is 20.4. The van der Waals surface area contributed by atoms with Gasteiger partial charge in [-0.3, -0.25) is 9.69 Å². The van der Waals surface area contributed by atoms with Crippen molar-refractivity contribution >= 4 is 5.91 Å². The molecule has 1 atom stereocenters. The largest absolute Gasteiger partial charge is 0.508 e. The number of phenols is 1. The molecule has 1 saturated heterocycles. The van der Waals surface area contributed by atoms with Crippen LogP contribution in [0.2, 0.25) is 0 Å². The molecule has 0 aliphatic carbocycles. The van der Waals surface area contributed by atoms with Crippen LogP contribution in [0.3, 0.4) is 0 Å². The molecule has 1 fully saturated rings. The molecule has 0 spiro atoms. The van der Waals surface area contributed by atoms with Gasteiger partial charge in [0, 0.05) is 12.1 Å². The first kappa shape index (κ1) is 13.9. The van der Waals surface area contributed by atoms with Gasteiger partial charge in [-0.05, 0) is 50.4 Å². The Bertz CT molecular complexity index is 485. The van der Waals surface area contributed by atoms with Gasteiger partial charge in [0.1, 0.15) is 5.75 Å². The number of likely N-dealkylation sites (tertiary alicyclic amines) is 1. The van der Waals surface area contributed by atoms with E-state index in [9.17, 15) is 9.90 Å². The van der Waals surface area contributed by atoms with Crippen molar-refractivity contribution in [2.45, 2.75) is 45.7 Å². The summed E-state index contributed by atoms with van der Waals surface area (Å²) in [6, 6.07) is 3.58. The van der Waals surface area contributed by atoms with Gasteiger partial charge in [-0.1, -0.05) is 12.5 Å². The van der Waals surface area contributed by atoms with Gasteiger partial charge in [-0.25, -0.2) is 0 Å². The molecule has 2 rings (SSSR count). The third kappa shape index (κ3) is 3.07. The zero-order valence-electron chi connectivity index (χ0n) is 11.6. The Morgan fingerprint density at radius 3 is 2.74 bits per heavy atom. The van der Waals surface area contributed by atoms with E-state index in [1.54, 1.807) is 6.07 Å². The summed E-state index contributed by atoms with van der Waals surface area (Å²) in [6.07, 6.45) is 2.94. The van der Waals surface area contributed by atoms with Gasteiger partial charge >= 0.3 is 0 Å². The first-order chi connectivity index (χ1) is 8.99. The van der Waals surface area contributed by atoms with Crippen molar-refractivity contribution < 1.29 is 9.90 Å². The van der Waals surface area contributed by atoms with E-state index < -0.39 is 0 Å². The van der Waals surface area contributed by atoms with Crippen molar-refractivity contribution in [2.24, 2.45) is 5.73 Å². The van der Waals surface area contributed by atoms with Crippen LogP contribution in [0.15, 0.2) is 12.1 Å². The van der Waals surface area contributed by atoms with E-state index in [1.165, 1.54) is 0 Å². The number of nitrogens with zero attached hydrogens (tertiary/aromatic N) is 1. The molecule has 1 aromatic rings. The molecule has 4 nitrogen and oxygen atoms in total. The Labute approximate surface area is 114 Å². The molecule has 1 aliphatic rings. The number of aromatic hydroxyl groups is 1. The van der Waals surface area contributed by atoms with Gasteiger partial charge in [0.15, 0.2) is 0 Å². The van der Waals surface area contributed by atoms with E-state index in [-0.39, 0.29) is 11.9 Å². The number of nitrogens with two attached hydrogens (primary N) is 1. The van der Waals surface area contributed by atoms with Crippen LogP contribution in [0.4, 0.5) is 0 Å². The number of hydrogen-bond donors (Lipinski definition) is 2. The van der Waals surface area contributed by atoms with Crippen LogP contribution in [-0.4, -0.2) is 28.5 Å². The van der Waals surface area contributed by atoms with Crippen molar-refractivity contribution in [3.8, 4) is 5.75 Å². The lowest BCUT2D eigenvalue weighted by Crippen LogP contribution is -2.47. The van der Waals surface area contributed by atoms with Crippen LogP contribution in [-0.2, 0) is 11.3 Å². The highest BCUT2D eigenvalue weighted by Crippen LogP contribution is 2.26. The second-order valence-corrected chi connectivity index (χ2v) is 5.45. The number of rotatable bonds is 3. The molecule has 0 bridgehead atoms. The fourth-order valence-electron chi connectivity index (χ4n) is 2.71. The van der Waals surface area contributed by atoms with Crippen LogP contribution in [0.5, 0.6) is 5.75 Å². The van der Waals surface area contributed by atoms with Crippen LogP contribution in [0.25, 0.3) is 0 Å². The summed E-state index contributed by atoms with van der Waals surface area (Å²) in [5, 5.41) is 10.0. The van der Waals surface area contributed by atoms with E-state index in [4.69, 9.17) is 5.73 Å². The van der Waals surface area contributed by atoms with Crippen molar-refractivity contribution in [2.75, 3.05) is 6.54 Å². The van der Waals surface area contributed by atoms with Gasteiger partial charge in [-0.2, -0.15) is 0 Å². The van der Waals surface area contributed by atoms with Gasteiger partial charge in [0.25, 0.3) is 0 Å². The quantitative estimate of drug-likeness (QED) is 0.873. The van der Waals surface area contributed by atoms with E-state index in [0.717, 1.165) is 42.5 Å². The highest BCUT2D eigenvalue weighted by atomic mass is 16.3. The number of aryl methyl sites for hydroxylation is 2. The van der Waals surface area contributed by atoms with Gasteiger partial charge < -0.3 is 10.8 Å². The minimum Gasteiger partial charge on any atom is -0.508 e. The summed E-state index contributed by atoms with van der Waals surface area (Å²) in [5.74, 6) is 0.0416. The number of primary amides is 1. The molecule has 19 heavy (non-hydrogen) atoms. The van der Waals surface area contributed by atoms with Crippen LogP contribution < -0.4 is 5.73 Å². The topological polar surface area (TPSA) is 66.6 Å². The first-order valence-corrected chi connectivity index (χ1v) is 6.81. The predicted molar refractivity (Wildman–Crippen MR) is 74.8 cm³/mol. The van der Waals surface area contributed by atoms with Crippen LogP contribution >= 0.6 is 0 Å². The maximum Gasteiger partial charge on any atom is 0.234 e. The predicted octanol–water partition coefficient (Wildman–Crippen LogP) is 1.85. The number of benzene rings is 1. The summed E-state index contributed by atoms with van der Waals surface area (Å²) < 4.78 is 0. The summed E-state index contributed by atoms with van der Waals surface area (Å²) >= 11 is 0. The Morgan fingerprint density at radius 2 is 2.05 bits per heavy atom.